The zero-order chi connectivity index (χ0) is 15.3. The molecule has 6 nitrogen and oxygen atoms in total. The van der Waals surface area contributed by atoms with Gasteiger partial charge in [-0.2, -0.15) is 0 Å². The van der Waals surface area contributed by atoms with Crippen LogP contribution in [0.3, 0.4) is 0 Å². The number of sulfonamides is 1. The van der Waals surface area contributed by atoms with E-state index in [1.807, 2.05) is 24.3 Å². The topological polar surface area (TPSA) is 84.0 Å². The van der Waals surface area contributed by atoms with Crippen LogP contribution in [0.4, 0.5) is 11.6 Å². The minimum atomic E-state index is -3.33. The monoisotopic (exact) mass is 326 g/mol. The van der Waals surface area contributed by atoms with Crippen LogP contribution >= 0.6 is 11.6 Å². The number of halogens is 1. The summed E-state index contributed by atoms with van der Waals surface area (Å²) in [5.74, 6) is 0.754. The van der Waals surface area contributed by atoms with Gasteiger partial charge < -0.3 is 5.32 Å². The number of nitrogens with zero attached hydrogens (tertiary/aromatic N) is 2. The standard InChI is InChI=1S/C13H15ClN4O2S/c1-2-21(19,20)18-13-8-7-12(16-17-13)15-9-10-3-5-11(14)6-4-10/h3-8H,2,9H2,1H3,(H,15,16)(H,17,18). The predicted octanol–water partition coefficient (Wildman–Crippen LogP) is 2.50. The molecule has 0 aliphatic carbocycles. The molecular weight excluding hydrogens is 312 g/mol. The smallest absolute Gasteiger partial charge is 0.233 e. The van der Waals surface area contributed by atoms with E-state index in [0.29, 0.717) is 17.4 Å². The highest BCUT2D eigenvalue weighted by Crippen LogP contribution is 2.12. The first-order valence-corrected chi connectivity index (χ1v) is 8.34. The third-order valence-electron chi connectivity index (χ3n) is 2.69. The van der Waals surface area contributed by atoms with Gasteiger partial charge in [0.1, 0.15) is 5.82 Å². The largest absolute Gasteiger partial charge is 0.365 e. The zero-order valence-corrected chi connectivity index (χ0v) is 12.9. The molecule has 0 unspecified atom stereocenters. The van der Waals surface area contributed by atoms with E-state index in [1.54, 1.807) is 19.1 Å². The molecule has 8 heteroatoms. The summed E-state index contributed by atoms with van der Waals surface area (Å²) in [7, 11) is -3.33. The summed E-state index contributed by atoms with van der Waals surface area (Å²) in [4.78, 5) is 0. The highest BCUT2D eigenvalue weighted by Gasteiger charge is 2.07. The molecule has 112 valence electrons. The summed E-state index contributed by atoms with van der Waals surface area (Å²) in [6, 6.07) is 10.7. The SMILES string of the molecule is CCS(=O)(=O)Nc1ccc(NCc2ccc(Cl)cc2)nn1. The average Bonchev–Trinajstić information content (AvgIpc) is 2.48. The molecule has 0 atom stereocenters. The van der Waals surface area contributed by atoms with E-state index in [0.717, 1.165) is 5.56 Å². The van der Waals surface area contributed by atoms with Crippen LogP contribution in [0.2, 0.25) is 5.02 Å². The van der Waals surface area contributed by atoms with Gasteiger partial charge in [-0.1, -0.05) is 23.7 Å². The van der Waals surface area contributed by atoms with Crippen LogP contribution in [0.5, 0.6) is 0 Å². The Labute approximate surface area is 128 Å². The molecule has 0 aliphatic heterocycles. The van der Waals surface area contributed by atoms with Gasteiger partial charge in [0.05, 0.1) is 5.75 Å². The van der Waals surface area contributed by atoms with Crippen LogP contribution in [0.15, 0.2) is 36.4 Å². The van der Waals surface area contributed by atoms with Gasteiger partial charge >= 0.3 is 0 Å². The minimum Gasteiger partial charge on any atom is -0.365 e. The summed E-state index contributed by atoms with van der Waals surface area (Å²) >= 11 is 5.81. The molecule has 1 aromatic heterocycles. The van der Waals surface area contributed by atoms with Crippen LogP contribution in [0.1, 0.15) is 12.5 Å². The molecule has 0 aliphatic rings. The first-order chi connectivity index (χ1) is 9.98. The molecule has 0 bridgehead atoms. The lowest BCUT2D eigenvalue weighted by atomic mass is 10.2. The Morgan fingerprint density at radius 3 is 2.24 bits per heavy atom. The van der Waals surface area contributed by atoms with Crippen LogP contribution in [0.25, 0.3) is 0 Å². The summed E-state index contributed by atoms with van der Waals surface area (Å²) in [5, 5.41) is 11.5. The number of hydrogen-bond donors (Lipinski definition) is 2. The number of rotatable bonds is 6. The predicted molar refractivity (Wildman–Crippen MR) is 83.9 cm³/mol. The summed E-state index contributed by atoms with van der Waals surface area (Å²) < 4.78 is 25.1. The highest BCUT2D eigenvalue weighted by atomic mass is 35.5. The van der Waals surface area contributed by atoms with Crippen LogP contribution in [-0.2, 0) is 16.6 Å². The molecule has 0 saturated heterocycles. The molecule has 0 amide bonds. The van der Waals surface area contributed by atoms with Crippen molar-refractivity contribution in [3.8, 4) is 0 Å². The van der Waals surface area contributed by atoms with Crippen molar-refractivity contribution in [1.82, 2.24) is 10.2 Å². The molecule has 0 saturated carbocycles. The Kier molecular flexibility index (Phi) is 4.98. The van der Waals surface area contributed by atoms with Crippen molar-refractivity contribution in [3.05, 3.63) is 47.0 Å². The van der Waals surface area contributed by atoms with E-state index in [9.17, 15) is 8.42 Å². The fourth-order valence-corrected chi connectivity index (χ4v) is 2.21. The quantitative estimate of drug-likeness (QED) is 0.852. The normalized spacial score (nSPS) is 11.1. The van der Waals surface area contributed by atoms with Gasteiger partial charge in [0.25, 0.3) is 0 Å². The van der Waals surface area contributed by atoms with Gasteiger partial charge in [-0.05, 0) is 36.8 Å². The van der Waals surface area contributed by atoms with Gasteiger partial charge in [0.15, 0.2) is 5.82 Å². The van der Waals surface area contributed by atoms with E-state index in [1.165, 1.54) is 0 Å². The third-order valence-corrected chi connectivity index (χ3v) is 4.22. The molecule has 1 heterocycles. The molecule has 0 fully saturated rings. The lowest BCUT2D eigenvalue weighted by Gasteiger charge is -2.07. The molecular formula is C13H15ClN4O2S. The van der Waals surface area contributed by atoms with Gasteiger partial charge in [-0.25, -0.2) is 8.42 Å². The number of anilines is 2. The molecule has 0 radical (unpaired) electrons. The minimum absolute atomic E-state index is 0.00868. The van der Waals surface area contributed by atoms with Crippen molar-refractivity contribution in [2.45, 2.75) is 13.5 Å². The molecule has 21 heavy (non-hydrogen) atoms. The Morgan fingerprint density at radius 2 is 1.67 bits per heavy atom. The molecule has 2 N–H and O–H groups in total. The van der Waals surface area contributed by atoms with E-state index in [4.69, 9.17) is 11.6 Å². The van der Waals surface area contributed by atoms with Crippen molar-refractivity contribution < 1.29 is 8.42 Å². The molecule has 2 aromatic rings. The second-order valence-corrected chi connectivity index (χ2v) is 6.74. The third kappa shape index (κ3) is 4.87. The Hall–Kier alpha value is -1.86. The molecule has 1 aromatic carbocycles. The lowest BCUT2D eigenvalue weighted by Crippen LogP contribution is -2.16. The summed E-state index contributed by atoms with van der Waals surface area (Å²) in [6.07, 6.45) is 0. The Balaban J connectivity index is 1.95. The van der Waals surface area contributed by atoms with E-state index < -0.39 is 10.0 Å². The van der Waals surface area contributed by atoms with Crippen molar-refractivity contribution in [2.24, 2.45) is 0 Å². The number of hydrogen-bond acceptors (Lipinski definition) is 5. The lowest BCUT2D eigenvalue weighted by molar-refractivity contribution is 0.602. The second-order valence-electron chi connectivity index (χ2n) is 4.29. The highest BCUT2D eigenvalue weighted by molar-refractivity contribution is 7.92. The fourth-order valence-electron chi connectivity index (χ4n) is 1.51. The van der Waals surface area contributed by atoms with Crippen LogP contribution in [0, 0.1) is 0 Å². The van der Waals surface area contributed by atoms with E-state index >= 15 is 0 Å². The summed E-state index contributed by atoms with van der Waals surface area (Å²) in [5.41, 5.74) is 1.05. The van der Waals surface area contributed by atoms with Crippen molar-refractivity contribution in [2.75, 3.05) is 15.8 Å². The number of benzene rings is 1. The fraction of sp³-hybridized carbons (Fsp3) is 0.231. The Bertz CT molecular complexity index is 687. The molecule has 0 spiro atoms. The molecule has 2 rings (SSSR count). The maximum atomic E-state index is 11.4. The second kappa shape index (κ2) is 6.73. The van der Waals surface area contributed by atoms with Crippen LogP contribution in [-0.4, -0.2) is 24.4 Å². The first-order valence-electron chi connectivity index (χ1n) is 6.31. The first kappa shape index (κ1) is 15.5. The van der Waals surface area contributed by atoms with Crippen molar-refractivity contribution in [3.63, 3.8) is 0 Å². The van der Waals surface area contributed by atoms with E-state index in [2.05, 4.69) is 20.2 Å². The Morgan fingerprint density at radius 1 is 1.05 bits per heavy atom. The van der Waals surface area contributed by atoms with Crippen molar-refractivity contribution in [1.29, 1.82) is 0 Å². The average molecular weight is 327 g/mol. The van der Waals surface area contributed by atoms with Gasteiger partial charge in [-0.3, -0.25) is 4.72 Å². The number of nitrogens with one attached hydrogen (secondary N) is 2. The van der Waals surface area contributed by atoms with Gasteiger partial charge in [0, 0.05) is 11.6 Å². The van der Waals surface area contributed by atoms with Crippen molar-refractivity contribution >= 4 is 33.3 Å². The van der Waals surface area contributed by atoms with E-state index in [-0.39, 0.29) is 11.6 Å². The van der Waals surface area contributed by atoms with Crippen LogP contribution < -0.4 is 10.0 Å². The summed E-state index contributed by atoms with van der Waals surface area (Å²) in [6.45, 7) is 2.13. The maximum Gasteiger partial charge on any atom is 0.233 e. The van der Waals surface area contributed by atoms with Gasteiger partial charge in [0.2, 0.25) is 10.0 Å². The van der Waals surface area contributed by atoms with Gasteiger partial charge in [-0.15, -0.1) is 10.2 Å². The zero-order valence-electron chi connectivity index (χ0n) is 11.4. The maximum absolute atomic E-state index is 11.4. The number of aromatic nitrogens is 2.